The fraction of sp³-hybridized carbons (Fsp3) is 0. The van der Waals surface area contributed by atoms with Crippen LogP contribution >= 0.6 is 0 Å². The topological polar surface area (TPSA) is 110 Å². The summed E-state index contributed by atoms with van der Waals surface area (Å²) in [6.07, 6.45) is -1.92. The van der Waals surface area contributed by atoms with Crippen molar-refractivity contribution in [2.75, 3.05) is 0 Å². The molecule has 0 aliphatic rings. The Labute approximate surface area is 72.0 Å². The van der Waals surface area contributed by atoms with E-state index in [-0.39, 0.29) is 23.1 Å². The van der Waals surface area contributed by atoms with Crippen LogP contribution in [0.2, 0.25) is 0 Å². The lowest BCUT2D eigenvalue weighted by Crippen LogP contribution is -2.11. The standard InChI is InChI=1S/CH2O7S.Mg.2H/c2-1(7-3)8-9(4,5)6;;;/h3H,(H,4,5,6);;;. The Bertz CT molecular complexity index is 192. The molecule has 0 saturated carbocycles. The minimum atomic E-state index is -4.87. The van der Waals surface area contributed by atoms with Crippen LogP contribution in [0.4, 0.5) is 4.79 Å². The van der Waals surface area contributed by atoms with Crippen molar-refractivity contribution < 1.29 is 32.1 Å². The van der Waals surface area contributed by atoms with Gasteiger partial charge in [-0.15, -0.1) is 0 Å². The van der Waals surface area contributed by atoms with Gasteiger partial charge in [0.2, 0.25) is 0 Å². The van der Waals surface area contributed by atoms with Gasteiger partial charge in [-0.2, -0.15) is 18.5 Å². The van der Waals surface area contributed by atoms with E-state index in [0.29, 0.717) is 0 Å². The summed E-state index contributed by atoms with van der Waals surface area (Å²) in [6.45, 7) is 0. The van der Waals surface area contributed by atoms with E-state index in [9.17, 15) is 13.2 Å². The van der Waals surface area contributed by atoms with Crippen LogP contribution in [0.25, 0.3) is 0 Å². The average Bonchev–Trinajstić information content (AvgIpc) is 1.62. The lowest BCUT2D eigenvalue weighted by Gasteiger charge is -1.92. The molecule has 0 aromatic carbocycles. The lowest BCUT2D eigenvalue weighted by molar-refractivity contribution is -0.191. The van der Waals surface area contributed by atoms with Crippen LogP contribution in [-0.2, 0) is 19.5 Å². The highest BCUT2D eigenvalue weighted by Gasteiger charge is 2.13. The first-order valence-corrected chi connectivity index (χ1v) is 2.84. The third-order valence-corrected chi connectivity index (χ3v) is 0.595. The average molecular weight is 184 g/mol. The summed E-state index contributed by atoms with van der Waals surface area (Å²) in [6, 6.07) is 0. The molecule has 0 heterocycles. The summed E-state index contributed by atoms with van der Waals surface area (Å²) in [5.74, 6) is 0. The predicted molar refractivity (Wildman–Crippen MR) is 30.3 cm³/mol. The van der Waals surface area contributed by atoms with Crippen molar-refractivity contribution in [2.45, 2.75) is 0 Å². The summed E-state index contributed by atoms with van der Waals surface area (Å²) < 4.78 is 29.7. The van der Waals surface area contributed by atoms with Crippen molar-refractivity contribution >= 4 is 39.6 Å². The van der Waals surface area contributed by atoms with Crippen molar-refractivity contribution in [3.8, 4) is 0 Å². The van der Waals surface area contributed by atoms with Crippen LogP contribution in [-0.4, -0.2) is 47.4 Å². The Morgan fingerprint density at radius 3 is 1.90 bits per heavy atom. The largest absolute Gasteiger partial charge is 0.558 e. The molecule has 0 aromatic heterocycles. The molecule has 7 nitrogen and oxygen atoms in total. The molecule has 0 aliphatic heterocycles. The van der Waals surface area contributed by atoms with E-state index in [2.05, 4.69) is 9.07 Å². The zero-order chi connectivity index (χ0) is 7.49. The second-order valence-electron chi connectivity index (χ2n) is 0.852. The van der Waals surface area contributed by atoms with Gasteiger partial charge >= 0.3 is 39.6 Å². The number of hydrogen-bond donors (Lipinski definition) is 2. The SMILES string of the molecule is O=C(OO)OS(=O)(=O)O.[MgH2]. The molecule has 0 unspecified atom stereocenters. The Hall–Kier alpha value is -0.0938. The van der Waals surface area contributed by atoms with Gasteiger partial charge in [-0.1, -0.05) is 0 Å². The van der Waals surface area contributed by atoms with Crippen LogP contribution in [0, 0.1) is 0 Å². The van der Waals surface area contributed by atoms with E-state index in [1.54, 1.807) is 0 Å². The van der Waals surface area contributed by atoms with Crippen LogP contribution in [0.5, 0.6) is 0 Å². The minimum Gasteiger partial charge on any atom is -0.288 e. The molecule has 0 saturated heterocycles. The zero-order valence-electron chi connectivity index (χ0n) is 3.84. The second kappa shape index (κ2) is 4.68. The molecule has 9 heteroatoms. The molecule has 0 atom stereocenters. The smallest absolute Gasteiger partial charge is 0.288 e. The molecule has 2 N–H and O–H groups in total. The maximum absolute atomic E-state index is 9.59. The summed E-state index contributed by atoms with van der Waals surface area (Å²) in [4.78, 5) is 12.3. The fourth-order valence-corrected chi connectivity index (χ4v) is 0.304. The van der Waals surface area contributed by atoms with Gasteiger partial charge < -0.3 is 0 Å². The third kappa shape index (κ3) is 7.91. The monoisotopic (exact) mass is 184 g/mol. The van der Waals surface area contributed by atoms with Crippen molar-refractivity contribution in [1.29, 1.82) is 0 Å². The fourth-order valence-electron chi connectivity index (χ4n) is 0.101. The Morgan fingerprint density at radius 1 is 1.40 bits per heavy atom. The summed E-state index contributed by atoms with van der Waals surface area (Å²) in [7, 11) is -4.87. The molecule has 10 heavy (non-hydrogen) atoms. The van der Waals surface area contributed by atoms with Gasteiger partial charge in [-0.3, -0.25) is 13.6 Å². The molecule has 0 fully saturated rings. The number of carbonyl (C=O) groups is 1. The van der Waals surface area contributed by atoms with E-state index in [1.807, 2.05) is 0 Å². The molecular weight excluding hydrogens is 180 g/mol. The molecule has 0 bridgehead atoms. The molecule has 0 spiro atoms. The summed E-state index contributed by atoms with van der Waals surface area (Å²) in [5.41, 5.74) is 0. The summed E-state index contributed by atoms with van der Waals surface area (Å²) >= 11 is 0. The van der Waals surface area contributed by atoms with E-state index in [4.69, 9.17) is 9.81 Å². The molecule has 58 valence electrons. The van der Waals surface area contributed by atoms with Crippen LogP contribution in [0.15, 0.2) is 0 Å². The highest BCUT2D eigenvalue weighted by atomic mass is 32.3. The minimum absolute atomic E-state index is 0. The molecule has 0 aliphatic carbocycles. The second-order valence-corrected chi connectivity index (χ2v) is 1.87. The Morgan fingerprint density at radius 2 is 1.80 bits per heavy atom. The van der Waals surface area contributed by atoms with Crippen molar-refractivity contribution in [1.82, 2.24) is 0 Å². The number of carbonyl (C=O) groups excluding carboxylic acids is 1. The maximum atomic E-state index is 9.59. The van der Waals surface area contributed by atoms with Crippen LogP contribution < -0.4 is 0 Å². The van der Waals surface area contributed by atoms with Gasteiger partial charge in [0.1, 0.15) is 0 Å². The lowest BCUT2D eigenvalue weighted by atomic mass is 11.4. The first kappa shape index (κ1) is 12.6. The molecule has 0 amide bonds. The van der Waals surface area contributed by atoms with E-state index in [0.717, 1.165) is 0 Å². The van der Waals surface area contributed by atoms with E-state index >= 15 is 0 Å². The predicted octanol–water partition coefficient (Wildman–Crippen LogP) is -1.50. The van der Waals surface area contributed by atoms with E-state index in [1.165, 1.54) is 0 Å². The summed E-state index contributed by atoms with van der Waals surface area (Å²) in [5, 5.41) is 7.35. The highest BCUT2D eigenvalue weighted by molar-refractivity contribution is 7.81. The number of hydrogen-bond acceptors (Lipinski definition) is 6. The van der Waals surface area contributed by atoms with Crippen molar-refractivity contribution in [2.24, 2.45) is 0 Å². The van der Waals surface area contributed by atoms with Gasteiger partial charge in [0.25, 0.3) is 0 Å². The Kier molecular flexibility index (Phi) is 5.88. The highest BCUT2D eigenvalue weighted by Crippen LogP contribution is 1.88. The van der Waals surface area contributed by atoms with Gasteiger partial charge in [-0.25, -0.2) is 0 Å². The Balaban J connectivity index is 0. The van der Waals surface area contributed by atoms with Gasteiger partial charge in [0.05, 0.1) is 0 Å². The third-order valence-electron chi connectivity index (χ3n) is 0.248. The van der Waals surface area contributed by atoms with E-state index < -0.39 is 16.6 Å². The van der Waals surface area contributed by atoms with Gasteiger partial charge in [-0.05, 0) is 0 Å². The maximum Gasteiger partial charge on any atom is 0.558 e. The normalized spacial score (nSPS) is 9.40. The van der Waals surface area contributed by atoms with Gasteiger partial charge in [0, 0.05) is 0 Å². The zero-order valence-corrected chi connectivity index (χ0v) is 4.66. The molecule has 0 radical (unpaired) electrons. The van der Waals surface area contributed by atoms with Crippen molar-refractivity contribution in [3.05, 3.63) is 0 Å². The van der Waals surface area contributed by atoms with Crippen molar-refractivity contribution in [3.63, 3.8) is 0 Å². The first-order chi connectivity index (χ1) is 3.95. The van der Waals surface area contributed by atoms with Crippen LogP contribution in [0.1, 0.15) is 0 Å². The van der Waals surface area contributed by atoms with Gasteiger partial charge in [0.15, 0.2) is 0 Å². The molecule has 0 aromatic rings. The first-order valence-electron chi connectivity index (χ1n) is 1.48. The quantitative estimate of drug-likeness (QED) is 0.221. The molecular formula is CH4MgO7S. The number of rotatable bonds is 1. The van der Waals surface area contributed by atoms with Crippen LogP contribution in [0.3, 0.4) is 0 Å². The molecule has 0 rings (SSSR count).